The number of hydrogen-bond acceptors (Lipinski definition) is 6. The number of carbonyl (C=O) groups excluding carboxylic acids is 1. The van der Waals surface area contributed by atoms with Gasteiger partial charge >= 0.3 is 0 Å². The van der Waals surface area contributed by atoms with Gasteiger partial charge in [-0.25, -0.2) is 22.1 Å². The molecular formula is C16H18FN3O4S2. The Kier molecular flexibility index (Phi) is 5.54. The van der Waals surface area contributed by atoms with Crippen molar-refractivity contribution in [3.8, 4) is 11.3 Å². The summed E-state index contributed by atoms with van der Waals surface area (Å²) in [5.41, 5.74) is 1.19. The van der Waals surface area contributed by atoms with E-state index in [1.54, 1.807) is 22.4 Å². The maximum atomic E-state index is 13.1. The maximum Gasteiger partial charge on any atom is 0.243 e. The first-order chi connectivity index (χ1) is 12.3. The molecule has 0 spiro atoms. The number of thiazole rings is 1. The smallest absolute Gasteiger partial charge is 0.243 e. The number of anilines is 1. The molecule has 2 heterocycles. The zero-order chi connectivity index (χ0) is 18.7. The van der Waals surface area contributed by atoms with Crippen molar-refractivity contribution in [1.29, 1.82) is 0 Å². The van der Waals surface area contributed by atoms with Gasteiger partial charge in [-0.1, -0.05) is 0 Å². The molecule has 1 aliphatic rings. The lowest BCUT2D eigenvalue weighted by atomic mass is 10.2. The molecule has 0 bridgehead atoms. The van der Waals surface area contributed by atoms with E-state index < -0.39 is 10.0 Å². The second-order valence-corrected chi connectivity index (χ2v) is 8.53. The van der Waals surface area contributed by atoms with Crippen LogP contribution in [-0.4, -0.2) is 63.3 Å². The van der Waals surface area contributed by atoms with Crippen LogP contribution < -0.4 is 4.31 Å². The Labute approximate surface area is 155 Å². The van der Waals surface area contributed by atoms with Gasteiger partial charge in [0.25, 0.3) is 0 Å². The summed E-state index contributed by atoms with van der Waals surface area (Å²) in [6, 6.07) is 5.75. The van der Waals surface area contributed by atoms with Gasteiger partial charge in [0.2, 0.25) is 15.9 Å². The summed E-state index contributed by atoms with van der Waals surface area (Å²) in [4.78, 5) is 18.3. The van der Waals surface area contributed by atoms with E-state index in [0.29, 0.717) is 37.6 Å². The standard InChI is InChI=1S/C16H18FN3O4S2/c1-26(22,23)20(10-15(21)19-6-8-24-9-7-19)16-18-14(11-25-16)12-2-4-13(17)5-3-12/h2-5,11H,6-10H2,1H3. The predicted octanol–water partition coefficient (Wildman–Crippen LogP) is 1.57. The number of ether oxygens (including phenoxy) is 1. The molecule has 0 N–H and O–H groups in total. The summed E-state index contributed by atoms with van der Waals surface area (Å²) in [5, 5.41) is 1.88. The molecule has 3 rings (SSSR count). The quantitative estimate of drug-likeness (QED) is 0.763. The zero-order valence-electron chi connectivity index (χ0n) is 14.1. The summed E-state index contributed by atoms with van der Waals surface area (Å²) in [7, 11) is -3.68. The SMILES string of the molecule is CS(=O)(=O)N(CC(=O)N1CCOCC1)c1nc(-c2ccc(F)cc2)cs1. The minimum atomic E-state index is -3.68. The predicted molar refractivity (Wildman–Crippen MR) is 97.1 cm³/mol. The fourth-order valence-electron chi connectivity index (χ4n) is 2.49. The Morgan fingerprint density at radius 3 is 2.58 bits per heavy atom. The third-order valence-corrected chi connectivity index (χ3v) is 5.97. The molecule has 1 aromatic heterocycles. The lowest BCUT2D eigenvalue weighted by Crippen LogP contribution is -2.47. The number of aromatic nitrogens is 1. The highest BCUT2D eigenvalue weighted by molar-refractivity contribution is 7.92. The largest absolute Gasteiger partial charge is 0.378 e. The Hall–Kier alpha value is -2.04. The normalized spacial score (nSPS) is 15.1. The molecule has 0 radical (unpaired) electrons. The average molecular weight is 399 g/mol. The van der Waals surface area contributed by atoms with Crippen molar-refractivity contribution in [3.05, 3.63) is 35.5 Å². The van der Waals surface area contributed by atoms with Gasteiger partial charge in [0, 0.05) is 24.0 Å². The van der Waals surface area contributed by atoms with Gasteiger partial charge in [-0.15, -0.1) is 11.3 Å². The van der Waals surface area contributed by atoms with Crippen LogP contribution in [0.5, 0.6) is 0 Å². The molecular weight excluding hydrogens is 381 g/mol. The van der Waals surface area contributed by atoms with Crippen LogP contribution in [0.2, 0.25) is 0 Å². The highest BCUT2D eigenvalue weighted by Crippen LogP contribution is 2.29. The number of rotatable bonds is 5. The summed E-state index contributed by atoms with van der Waals surface area (Å²) in [6.07, 6.45) is 1.04. The average Bonchev–Trinajstić information content (AvgIpc) is 3.09. The number of morpholine rings is 1. The minimum absolute atomic E-state index is 0.202. The summed E-state index contributed by atoms with van der Waals surface area (Å²) >= 11 is 1.12. The number of amides is 1. The first-order valence-electron chi connectivity index (χ1n) is 7.89. The van der Waals surface area contributed by atoms with Crippen molar-refractivity contribution in [1.82, 2.24) is 9.88 Å². The van der Waals surface area contributed by atoms with E-state index in [0.717, 1.165) is 21.9 Å². The molecule has 1 saturated heterocycles. The van der Waals surface area contributed by atoms with E-state index in [1.165, 1.54) is 12.1 Å². The number of halogens is 1. The molecule has 2 aromatic rings. The van der Waals surface area contributed by atoms with Crippen LogP contribution >= 0.6 is 11.3 Å². The van der Waals surface area contributed by atoms with Crippen LogP contribution in [0.3, 0.4) is 0 Å². The fraction of sp³-hybridized carbons (Fsp3) is 0.375. The van der Waals surface area contributed by atoms with Gasteiger partial charge in [0.05, 0.1) is 25.2 Å². The molecule has 1 amide bonds. The van der Waals surface area contributed by atoms with Crippen LogP contribution in [0.4, 0.5) is 9.52 Å². The van der Waals surface area contributed by atoms with Crippen molar-refractivity contribution in [3.63, 3.8) is 0 Å². The molecule has 1 aromatic carbocycles. The highest BCUT2D eigenvalue weighted by Gasteiger charge is 2.27. The first kappa shape index (κ1) is 18.7. The molecule has 0 aliphatic carbocycles. The van der Waals surface area contributed by atoms with E-state index in [4.69, 9.17) is 4.74 Å². The van der Waals surface area contributed by atoms with Crippen molar-refractivity contribution in [2.45, 2.75) is 0 Å². The van der Waals surface area contributed by atoms with E-state index in [1.807, 2.05) is 0 Å². The lowest BCUT2D eigenvalue weighted by Gasteiger charge is -2.29. The second-order valence-electron chi connectivity index (χ2n) is 5.79. The molecule has 10 heteroatoms. The van der Waals surface area contributed by atoms with Crippen LogP contribution in [0.25, 0.3) is 11.3 Å². The van der Waals surface area contributed by atoms with Crippen LogP contribution in [0.15, 0.2) is 29.6 Å². The molecule has 0 saturated carbocycles. The van der Waals surface area contributed by atoms with E-state index in [2.05, 4.69) is 4.98 Å². The molecule has 0 unspecified atom stereocenters. The van der Waals surface area contributed by atoms with Gasteiger partial charge in [0.1, 0.15) is 12.4 Å². The van der Waals surface area contributed by atoms with E-state index in [-0.39, 0.29) is 23.4 Å². The van der Waals surface area contributed by atoms with Gasteiger partial charge in [0.15, 0.2) is 5.13 Å². The topological polar surface area (TPSA) is 79.8 Å². The van der Waals surface area contributed by atoms with E-state index in [9.17, 15) is 17.6 Å². The minimum Gasteiger partial charge on any atom is -0.378 e. The Morgan fingerprint density at radius 1 is 1.31 bits per heavy atom. The van der Waals surface area contributed by atoms with E-state index >= 15 is 0 Å². The molecule has 1 aliphatic heterocycles. The second kappa shape index (κ2) is 7.68. The number of nitrogens with zero attached hydrogens (tertiary/aromatic N) is 3. The summed E-state index contributed by atoms with van der Waals surface area (Å²) in [6.45, 7) is 1.45. The van der Waals surface area contributed by atoms with Gasteiger partial charge < -0.3 is 9.64 Å². The fourth-order valence-corrected chi connectivity index (χ4v) is 4.44. The zero-order valence-corrected chi connectivity index (χ0v) is 15.7. The van der Waals surface area contributed by atoms with Crippen molar-refractivity contribution < 1.29 is 22.3 Å². The number of benzene rings is 1. The monoisotopic (exact) mass is 399 g/mol. The third-order valence-electron chi connectivity index (χ3n) is 3.89. The highest BCUT2D eigenvalue weighted by atomic mass is 32.2. The van der Waals surface area contributed by atoms with Crippen LogP contribution in [-0.2, 0) is 19.6 Å². The number of carbonyl (C=O) groups is 1. The first-order valence-corrected chi connectivity index (χ1v) is 10.6. The molecule has 7 nitrogen and oxygen atoms in total. The molecule has 26 heavy (non-hydrogen) atoms. The van der Waals surface area contributed by atoms with Crippen molar-refractivity contribution in [2.75, 3.05) is 43.4 Å². The number of sulfonamides is 1. The van der Waals surface area contributed by atoms with Crippen molar-refractivity contribution >= 4 is 32.4 Å². The maximum absolute atomic E-state index is 13.1. The molecule has 0 atom stereocenters. The molecule has 140 valence electrons. The summed E-state index contributed by atoms with van der Waals surface area (Å²) < 4.78 is 43.6. The summed E-state index contributed by atoms with van der Waals surface area (Å²) in [5.74, 6) is -0.657. The number of hydrogen-bond donors (Lipinski definition) is 0. The lowest BCUT2D eigenvalue weighted by molar-refractivity contribution is -0.133. The van der Waals surface area contributed by atoms with Gasteiger partial charge in [-0.3, -0.25) is 4.79 Å². The Bertz CT molecular complexity index is 877. The Morgan fingerprint density at radius 2 is 1.96 bits per heavy atom. The van der Waals surface area contributed by atoms with Crippen molar-refractivity contribution in [2.24, 2.45) is 0 Å². The third kappa shape index (κ3) is 4.37. The Balaban J connectivity index is 1.82. The van der Waals surface area contributed by atoms with Gasteiger partial charge in [-0.05, 0) is 24.3 Å². The van der Waals surface area contributed by atoms with Crippen LogP contribution in [0, 0.1) is 5.82 Å². The van der Waals surface area contributed by atoms with Gasteiger partial charge in [-0.2, -0.15) is 0 Å². The molecule has 1 fully saturated rings. The van der Waals surface area contributed by atoms with Crippen LogP contribution in [0.1, 0.15) is 0 Å².